The van der Waals surface area contributed by atoms with Gasteiger partial charge in [0.2, 0.25) is 5.88 Å². The number of halogens is 1. The first-order valence-electron chi connectivity index (χ1n) is 6.27. The van der Waals surface area contributed by atoms with Crippen molar-refractivity contribution in [3.63, 3.8) is 0 Å². The fourth-order valence-electron chi connectivity index (χ4n) is 2.73. The molecule has 2 aromatic rings. The summed E-state index contributed by atoms with van der Waals surface area (Å²) in [6, 6.07) is 6.61. The van der Waals surface area contributed by atoms with E-state index in [1.165, 1.54) is 18.9 Å². The topological polar surface area (TPSA) is 52.0 Å². The van der Waals surface area contributed by atoms with Gasteiger partial charge < -0.3 is 10.3 Å². The van der Waals surface area contributed by atoms with Gasteiger partial charge in [0.15, 0.2) is 0 Å². The van der Waals surface area contributed by atoms with Crippen LogP contribution in [0.25, 0.3) is 11.1 Å². The molecule has 0 spiro atoms. The zero-order valence-electron chi connectivity index (χ0n) is 10.0. The van der Waals surface area contributed by atoms with Crippen LogP contribution in [-0.4, -0.2) is 5.16 Å². The van der Waals surface area contributed by atoms with E-state index in [0.29, 0.717) is 17.0 Å². The van der Waals surface area contributed by atoms with Gasteiger partial charge in [-0.2, -0.15) is 0 Å². The summed E-state index contributed by atoms with van der Waals surface area (Å²) in [5, 5.41) is 4.05. The Morgan fingerprint density at radius 1 is 1.22 bits per heavy atom. The second-order valence-electron chi connectivity index (χ2n) is 4.77. The number of nitrogens with two attached hydrogens (primary N) is 1. The lowest BCUT2D eigenvalue weighted by molar-refractivity contribution is 0.420. The van der Waals surface area contributed by atoms with Crippen molar-refractivity contribution in [1.82, 2.24) is 5.16 Å². The monoisotopic (exact) mass is 246 g/mol. The molecule has 1 aromatic carbocycles. The molecule has 4 heteroatoms. The average molecular weight is 246 g/mol. The molecule has 1 aliphatic carbocycles. The average Bonchev–Trinajstić information content (AvgIpc) is 2.99. The van der Waals surface area contributed by atoms with Gasteiger partial charge in [-0.15, -0.1) is 0 Å². The number of nitrogen functional groups attached to an aromatic ring is 1. The molecule has 2 N–H and O–H groups in total. The van der Waals surface area contributed by atoms with Gasteiger partial charge >= 0.3 is 0 Å². The number of hydrogen-bond acceptors (Lipinski definition) is 3. The molecule has 1 saturated carbocycles. The van der Waals surface area contributed by atoms with Gasteiger partial charge in [-0.1, -0.05) is 36.2 Å². The summed E-state index contributed by atoms with van der Waals surface area (Å²) in [6.45, 7) is 0. The first-order chi connectivity index (χ1) is 8.77. The highest BCUT2D eigenvalue weighted by Gasteiger charge is 2.27. The standard InChI is InChI=1S/C14H15FN2O/c15-11-8-4-3-7-10(11)12-13(17-18-14(12)16)9-5-1-2-6-9/h3-4,7-9H,1-2,5-6,16H2. The normalized spacial score (nSPS) is 16.3. The zero-order chi connectivity index (χ0) is 12.5. The Hall–Kier alpha value is -1.84. The van der Waals surface area contributed by atoms with Crippen LogP contribution in [0.15, 0.2) is 28.8 Å². The van der Waals surface area contributed by atoms with Crippen molar-refractivity contribution in [3.8, 4) is 11.1 Å². The minimum atomic E-state index is -0.286. The Bertz CT molecular complexity index is 559. The Morgan fingerprint density at radius 2 is 1.94 bits per heavy atom. The van der Waals surface area contributed by atoms with Crippen molar-refractivity contribution in [2.24, 2.45) is 0 Å². The van der Waals surface area contributed by atoms with Crippen LogP contribution < -0.4 is 5.73 Å². The van der Waals surface area contributed by atoms with Crippen LogP contribution >= 0.6 is 0 Å². The summed E-state index contributed by atoms with van der Waals surface area (Å²) in [5.41, 5.74) is 7.75. The summed E-state index contributed by atoms with van der Waals surface area (Å²) in [7, 11) is 0. The van der Waals surface area contributed by atoms with Crippen LogP contribution in [0.5, 0.6) is 0 Å². The molecule has 0 atom stereocenters. The maximum atomic E-state index is 13.9. The highest BCUT2D eigenvalue weighted by Crippen LogP contribution is 2.41. The van der Waals surface area contributed by atoms with Crippen LogP contribution in [0, 0.1) is 5.82 Å². The molecule has 94 valence electrons. The van der Waals surface area contributed by atoms with Crippen molar-refractivity contribution >= 4 is 5.88 Å². The Labute approximate surface area is 105 Å². The second kappa shape index (κ2) is 4.44. The highest BCUT2D eigenvalue weighted by molar-refractivity contribution is 5.76. The number of aromatic nitrogens is 1. The predicted octanol–water partition coefficient (Wildman–Crippen LogP) is 3.72. The van der Waals surface area contributed by atoms with E-state index in [9.17, 15) is 4.39 Å². The van der Waals surface area contributed by atoms with Gasteiger partial charge in [0, 0.05) is 11.5 Å². The minimum Gasteiger partial charge on any atom is -0.367 e. The van der Waals surface area contributed by atoms with Gasteiger partial charge in [-0.3, -0.25) is 0 Å². The third-order valence-electron chi connectivity index (χ3n) is 3.63. The van der Waals surface area contributed by atoms with E-state index in [0.717, 1.165) is 18.5 Å². The third kappa shape index (κ3) is 1.78. The Morgan fingerprint density at radius 3 is 2.67 bits per heavy atom. The van der Waals surface area contributed by atoms with Gasteiger partial charge in [-0.05, 0) is 18.9 Å². The third-order valence-corrected chi connectivity index (χ3v) is 3.63. The fraction of sp³-hybridized carbons (Fsp3) is 0.357. The fourth-order valence-corrected chi connectivity index (χ4v) is 2.73. The van der Waals surface area contributed by atoms with Crippen molar-refractivity contribution in [2.75, 3.05) is 5.73 Å². The SMILES string of the molecule is Nc1onc(C2CCCC2)c1-c1ccccc1F. The van der Waals surface area contributed by atoms with E-state index in [2.05, 4.69) is 5.16 Å². The van der Waals surface area contributed by atoms with Crippen molar-refractivity contribution in [2.45, 2.75) is 31.6 Å². The molecule has 0 bridgehead atoms. The second-order valence-corrected chi connectivity index (χ2v) is 4.77. The molecular formula is C14H15FN2O. The van der Waals surface area contributed by atoms with Crippen LogP contribution in [0.1, 0.15) is 37.3 Å². The molecular weight excluding hydrogens is 231 g/mol. The number of anilines is 1. The largest absolute Gasteiger partial charge is 0.367 e. The lowest BCUT2D eigenvalue weighted by atomic mass is 9.95. The number of hydrogen-bond donors (Lipinski definition) is 1. The smallest absolute Gasteiger partial charge is 0.230 e. The molecule has 18 heavy (non-hydrogen) atoms. The van der Waals surface area contributed by atoms with Crippen LogP contribution in [-0.2, 0) is 0 Å². The first kappa shape index (κ1) is 11.3. The van der Waals surface area contributed by atoms with E-state index in [-0.39, 0.29) is 11.7 Å². The Balaban J connectivity index is 2.11. The molecule has 3 nitrogen and oxygen atoms in total. The molecule has 0 aliphatic heterocycles. The molecule has 0 saturated heterocycles. The van der Waals surface area contributed by atoms with Crippen LogP contribution in [0.4, 0.5) is 10.3 Å². The van der Waals surface area contributed by atoms with Crippen molar-refractivity contribution in [1.29, 1.82) is 0 Å². The lowest BCUT2D eigenvalue weighted by Crippen LogP contribution is -1.97. The molecule has 0 amide bonds. The maximum Gasteiger partial charge on any atom is 0.230 e. The molecule has 1 aliphatic rings. The summed E-state index contributed by atoms with van der Waals surface area (Å²) >= 11 is 0. The molecule has 3 rings (SSSR count). The Kier molecular flexibility index (Phi) is 2.78. The van der Waals surface area contributed by atoms with Gasteiger partial charge in [-0.25, -0.2) is 4.39 Å². The molecule has 1 fully saturated rings. The quantitative estimate of drug-likeness (QED) is 0.878. The highest BCUT2D eigenvalue weighted by atomic mass is 19.1. The van der Waals surface area contributed by atoms with Crippen LogP contribution in [0.3, 0.4) is 0 Å². The van der Waals surface area contributed by atoms with Gasteiger partial charge in [0.25, 0.3) is 0 Å². The lowest BCUT2D eigenvalue weighted by Gasteiger charge is -2.08. The molecule has 0 radical (unpaired) electrons. The minimum absolute atomic E-state index is 0.210. The zero-order valence-corrected chi connectivity index (χ0v) is 10.0. The van der Waals surface area contributed by atoms with E-state index in [4.69, 9.17) is 10.3 Å². The van der Waals surface area contributed by atoms with Gasteiger partial charge in [0.1, 0.15) is 5.82 Å². The molecule has 0 unspecified atom stereocenters. The number of benzene rings is 1. The van der Waals surface area contributed by atoms with Crippen molar-refractivity contribution < 1.29 is 8.91 Å². The summed E-state index contributed by atoms with van der Waals surface area (Å²) < 4.78 is 19.0. The number of rotatable bonds is 2. The number of nitrogens with zero attached hydrogens (tertiary/aromatic N) is 1. The van der Waals surface area contributed by atoms with E-state index < -0.39 is 0 Å². The van der Waals surface area contributed by atoms with Crippen LogP contribution in [0.2, 0.25) is 0 Å². The summed E-state index contributed by atoms with van der Waals surface area (Å²) in [6.07, 6.45) is 4.53. The van der Waals surface area contributed by atoms with E-state index in [1.54, 1.807) is 18.2 Å². The van der Waals surface area contributed by atoms with Gasteiger partial charge in [0.05, 0.1) is 11.3 Å². The van der Waals surface area contributed by atoms with E-state index in [1.807, 2.05) is 0 Å². The first-order valence-corrected chi connectivity index (χ1v) is 6.27. The maximum absolute atomic E-state index is 13.9. The molecule has 1 aromatic heterocycles. The summed E-state index contributed by atoms with van der Waals surface area (Å²) in [5.74, 6) is 0.273. The van der Waals surface area contributed by atoms with Crippen molar-refractivity contribution in [3.05, 3.63) is 35.8 Å². The summed E-state index contributed by atoms with van der Waals surface area (Å²) in [4.78, 5) is 0. The molecule has 1 heterocycles. The predicted molar refractivity (Wildman–Crippen MR) is 67.5 cm³/mol. The van der Waals surface area contributed by atoms with E-state index >= 15 is 0 Å².